The Balaban J connectivity index is 1.90. The van der Waals surface area contributed by atoms with Crippen LogP contribution < -0.4 is 0 Å². The average molecular weight is 343 g/mol. The van der Waals surface area contributed by atoms with Gasteiger partial charge in [-0.15, -0.1) is 0 Å². The molecular formula is C24H25NO. The van der Waals surface area contributed by atoms with Gasteiger partial charge in [0.05, 0.1) is 5.92 Å². The van der Waals surface area contributed by atoms with Crippen LogP contribution in [0.2, 0.25) is 0 Å². The lowest BCUT2D eigenvalue weighted by Gasteiger charge is -2.25. The van der Waals surface area contributed by atoms with Gasteiger partial charge in [0.1, 0.15) is 0 Å². The van der Waals surface area contributed by atoms with E-state index in [2.05, 4.69) is 32.0 Å². The maximum absolute atomic E-state index is 13.4. The minimum atomic E-state index is -0.284. The Morgan fingerprint density at radius 2 is 1.38 bits per heavy atom. The monoisotopic (exact) mass is 343 g/mol. The van der Waals surface area contributed by atoms with Crippen LogP contribution in [0.25, 0.3) is 0 Å². The molecule has 3 aromatic rings. The molecular weight excluding hydrogens is 318 g/mol. The van der Waals surface area contributed by atoms with Crippen molar-refractivity contribution in [3.63, 3.8) is 0 Å². The van der Waals surface area contributed by atoms with Gasteiger partial charge in [0.2, 0.25) is 5.91 Å². The molecule has 2 heteroatoms. The summed E-state index contributed by atoms with van der Waals surface area (Å²) < 4.78 is 0. The van der Waals surface area contributed by atoms with E-state index < -0.39 is 0 Å². The van der Waals surface area contributed by atoms with Crippen LogP contribution in [0.4, 0.5) is 0 Å². The van der Waals surface area contributed by atoms with E-state index in [9.17, 15) is 4.79 Å². The van der Waals surface area contributed by atoms with Gasteiger partial charge in [0, 0.05) is 13.6 Å². The van der Waals surface area contributed by atoms with Crippen LogP contribution in [0, 0.1) is 13.8 Å². The van der Waals surface area contributed by atoms with Crippen molar-refractivity contribution in [2.24, 2.45) is 0 Å². The average Bonchev–Trinajstić information content (AvgIpc) is 2.66. The van der Waals surface area contributed by atoms with E-state index >= 15 is 0 Å². The molecule has 3 aromatic carbocycles. The fourth-order valence-corrected chi connectivity index (χ4v) is 3.35. The first-order chi connectivity index (χ1) is 12.6. The van der Waals surface area contributed by atoms with Crippen molar-refractivity contribution in [2.75, 3.05) is 7.05 Å². The Morgan fingerprint density at radius 1 is 0.846 bits per heavy atom. The molecule has 0 spiro atoms. The van der Waals surface area contributed by atoms with Gasteiger partial charge in [-0.2, -0.15) is 0 Å². The molecule has 0 bridgehead atoms. The first kappa shape index (κ1) is 17.9. The fourth-order valence-electron chi connectivity index (χ4n) is 3.35. The summed E-state index contributed by atoms with van der Waals surface area (Å²) in [5.74, 6) is -0.171. The first-order valence-corrected chi connectivity index (χ1v) is 8.97. The third kappa shape index (κ3) is 4.02. The lowest BCUT2D eigenvalue weighted by atomic mass is 9.90. The second-order valence-electron chi connectivity index (χ2n) is 6.88. The van der Waals surface area contributed by atoms with E-state index in [4.69, 9.17) is 0 Å². The van der Waals surface area contributed by atoms with Crippen molar-refractivity contribution < 1.29 is 4.79 Å². The summed E-state index contributed by atoms with van der Waals surface area (Å²) in [6.45, 7) is 4.81. The highest BCUT2D eigenvalue weighted by molar-refractivity contribution is 5.87. The zero-order chi connectivity index (χ0) is 18.5. The lowest BCUT2D eigenvalue weighted by Crippen LogP contribution is -2.32. The smallest absolute Gasteiger partial charge is 0.234 e. The number of carbonyl (C=O) groups excluding carboxylic acids is 1. The number of hydrogen-bond donors (Lipinski definition) is 0. The Morgan fingerprint density at radius 3 is 1.88 bits per heavy atom. The number of nitrogens with zero attached hydrogens (tertiary/aromatic N) is 1. The van der Waals surface area contributed by atoms with Crippen molar-refractivity contribution in [2.45, 2.75) is 26.3 Å². The highest BCUT2D eigenvalue weighted by Gasteiger charge is 2.25. The van der Waals surface area contributed by atoms with Gasteiger partial charge >= 0.3 is 0 Å². The van der Waals surface area contributed by atoms with Crippen LogP contribution in [0.5, 0.6) is 0 Å². The normalized spacial score (nSPS) is 10.8. The van der Waals surface area contributed by atoms with Crippen molar-refractivity contribution in [3.05, 3.63) is 107 Å². The van der Waals surface area contributed by atoms with E-state index in [1.165, 1.54) is 16.7 Å². The molecule has 0 saturated heterocycles. The van der Waals surface area contributed by atoms with E-state index in [-0.39, 0.29) is 11.8 Å². The summed E-state index contributed by atoms with van der Waals surface area (Å²) in [6, 6.07) is 26.4. The second-order valence-corrected chi connectivity index (χ2v) is 6.88. The predicted octanol–water partition coefficient (Wildman–Crippen LogP) is 5.09. The Bertz CT molecular complexity index is 832. The summed E-state index contributed by atoms with van der Waals surface area (Å²) in [7, 11) is 1.89. The quantitative estimate of drug-likeness (QED) is 0.631. The molecule has 0 aliphatic carbocycles. The maximum Gasteiger partial charge on any atom is 0.234 e. The summed E-state index contributed by atoms with van der Waals surface area (Å²) in [5, 5.41) is 0. The molecule has 132 valence electrons. The molecule has 0 aromatic heterocycles. The molecule has 0 atom stereocenters. The Hall–Kier alpha value is -2.87. The molecule has 3 rings (SSSR count). The zero-order valence-electron chi connectivity index (χ0n) is 15.6. The third-order valence-electron chi connectivity index (χ3n) is 4.79. The van der Waals surface area contributed by atoms with Crippen LogP contribution in [0.1, 0.15) is 33.7 Å². The number of carbonyl (C=O) groups is 1. The second kappa shape index (κ2) is 8.01. The number of amides is 1. The topological polar surface area (TPSA) is 20.3 Å². The SMILES string of the molecule is Cc1ccc(CN(C)C(=O)C(c2ccccc2)c2ccccc2)c(C)c1. The van der Waals surface area contributed by atoms with E-state index in [1.54, 1.807) is 0 Å². The van der Waals surface area contributed by atoms with E-state index in [0.717, 1.165) is 11.1 Å². The molecule has 0 aliphatic rings. The molecule has 0 heterocycles. The van der Waals surface area contributed by atoms with Crippen LogP contribution in [0.15, 0.2) is 78.9 Å². The number of likely N-dealkylation sites (N-methyl/N-ethyl adjacent to an activating group) is 1. The highest BCUT2D eigenvalue weighted by atomic mass is 16.2. The third-order valence-corrected chi connectivity index (χ3v) is 4.79. The molecule has 26 heavy (non-hydrogen) atoms. The molecule has 0 N–H and O–H groups in total. The molecule has 1 amide bonds. The molecule has 0 radical (unpaired) electrons. The van der Waals surface area contributed by atoms with Gasteiger partial charge < -0.3 is 4.90 Å². The van der Waals surface area contributed by atoms with Crippen molar-refractivity contribution in [1.29, 1.82) is 0 Å². The maximum atomic E-state index is 13.4. The number of hydrogen-bond acceptors (Lipinski definition) is 1. The fraction of sp³-hybridized carbons (Fsp3) is 0.208. The van der Waals surface area contributed by atoms with Crippen molar-refractivity contribution in [1.82, 2.24) is 4.90 Å². The summed E-state index contributed by atoms with van der Waals surface area (Å²) in [4.78, 5) is 15.2. The molecule has 0 aliphatic heterocycles. The van der Waals surface area contributed by atoms with Crippen molar-refractivity contribution >= 4 is 5.91 Å². The van der Waals surface area contributed by atoms with Crippen molar-refractivity contribution in [3.8, 4) is 0 Å². The summed E-state index contributed by atoms with van der Waals surface area (Å²) >= 11 is 0. The summed E-state index contributed by atoms with van der Waals surface area (Å²) in [5.41, 5.74) is 5.70. The van der Waals surface area contributed by atoms with Crippen LogP contribution >= 0.6 is 0 Å². The standard InChI is InChI=1S/C24H25NO/c1-18-14-15-22(19(2)16-18)17-25(3)24(26)23(20-10-6-4-7-11-20)21-12-8-5-9-13-21/h4-16,23H,17H2,1-3H3. The zero-order valence-corrected chi connectivity index (χ0v) is 15.6. The van der Waals surface area contributed by atoms with Gasteiger partial charge in [0.15, 0.2) is 0 Å². The van der Waals surface area contributed by atoms with Gasteiger partial charge in [-0.1, -0.05) is 84.4 Å². The predicted molar refractivity (Wildman–Crippen MR) is 107 cm³/mol. The minimum absolute atomic E-state index is 0.113. The van der Waals surface area contributed by atoms with E-state index in [0.29, 0.717) is 6.54 Å². The van der Waals surface area contributed by atoms with Gasteiger partial charge in [-0.3, -0.25) is 4.79 Å². The van der Waals surface area contributed by atoms with Crippen LogP contribution in [-0.4, -0.2) is 17.9 Å². The van der Waals surface area contributed by atoms with Gasteiger partial charge in [0.25, 0.3) is 0 Å². The molecule has 0 unspecified atom stereocenters. The Kier molecular flexibility index (Phi) is 5.52. The number of benzene rings is 3. The van der Waals surface area contributed by atoms with Crippen LogP contribution in [-0.2, 0) is 11.3 Å². The summed E-state index contributed by atoms with van der Waals surface area (Å²) in [6.07, 6.45) is 0. The molecule has 0 saturated carbocycles. The highest BCUT2D eigenvalue weighted by Crippen LogP contribution is 2.27. The Labute approximate surface area is 156 Å². The lowest BCUT2D eigenvalue weighted by molar-refractivity contribution is -0.131. The van der Waals surface area contributed by atoms with Gasteiger partial charge in [-0.05, 0) is 36.1 Å². The molecule has 2 nitrogen and oxygen atoms in total. The first-order valence-electron chi connectivity index (χ1n) is 8.97. The largest absolute Gasteiger partial charge is 0.341 e. The van der Waals surface area contributed by atoms with Gasteiger partial charge in [-0.25, -0.2) is 0 Å². The molecule has 0 fully saturated rings. The van der Waals surface area contributed by atoms with E-state index in [1.807, 2.05) is 72.6 Å². The number of rotatable bonds is 5. The van der Waals surface area contributed by atoms with Crippen LogP contribution in [0.3, 0.4) is 0 Å². The minimum Gasteiger partial charge on any atom is -0.341 e. The number of aryl methyl sites for hydroxylation is 2.